The van der Waals surface area contributed by atoms with Crippen molar-refractivity contribution < 1.29 is 48.0 Å². The average Bonchev–Trinajstić information content (AvgIpc) is 3.22. The zero-order chi connectivity index (χ0) is 39.9. The Hall–Kier alpha value is -6.27. The van der Waals surface area contributed by atoms with E-state index in [2.05, 4.69) is 18.3 Å². The van der Waals surface area contributed by atoms with Crippen molar-refractivity contribution in [1.82, 2.24) is 0 Å². The molecule has 12 heteroatoms. The number of anilines is 1. The number of nitrogens with two attached hydrogens (primary N) is 1. The van der Waals surface area contributed by atoms with Crippen LogP contribution >= 0.6 is 0 Å². The summed E-state index contributed by atoms with van der Waals surface area (Å²) < 4.78 is 27.5. The van der Waals surface area contributed by atoms with Gasteiger partial charge in [-0.25, -0.2) is 14.4 Å². The second-order valence-electron chi connectivity index (χ2n) is 13.0. The number of carbonyl (C=O) groups is 4. The van der Waals surface area contributed by atoms with E-state index in [1.54, 1.807) is 72.8 Å². The van der Waals surface area contributed by atoms with Crippen molar-refractivity contribution in [3.05, 3.63) is 125 Å². The highest BCUT2D eigenvalue weighted by atomic mass is 16.5. The third-order valence-corrected chi connectivity index (χ3v) is 9.16. The van der Waals surface area contributed by atoms with Gasteiger partial charge in [0.25, 0.3) is 0 Å². The molecule has 1 aliphatic carbocycles. The molecule has 0 amide bonds. The molecular formula is C44H46N2O10. The zero-order valence-electron chi connectivity index (χ0n) is 31.2. The van der Waals surface area contributed by atoms with Gasteiger partial charge in [-0.05, 0) is 118 Å². The number of aliphatic hydroxyl groups excluding tert-OH is 1. The molecule has 0 fully saturated rings. The van der Waals surface area contributed by atoms with Crippen LogP contribution in [0.3, 0.4) is 0 Å². The molecule has 0 heterocycles. The Morgan fingerprint density at radius 1 is 0.732 bits per heavy atom. The molecule has 1 atom stereocenters. The summed E-state index contributed by atoms with van der Waals surface area (Å²) in [5.74, 6) is -0.280. The Balaban J connectivity index is 0.956. The Morgan fingerprint density at radius 3 is 1.89 bits per heavy atom. The molecule has 0 saturated carbocycles. The van der Waals surface area contributed by atoms with E-state index in [1.807, 2.05) is 0 Å². The maximum Gasteiger partial charge on any atom is 0.343 e. The minimum atomic E-state index is -1.14. The van der Waals surface area contributed by atoms with Crippen LogP contribution in [0, 0.1) is 0 Å². The van der Waals surface area contributed by atoms with E-state index in [-0.39, 0.29) is 34.7 Å². The van der Waals surface area contributed by atoms with Gasteiger partial charge in [-0.3, -0.25) is 9.79 Å². The lowest BCUT2D eigenvalue weighted by atomic mass is 9.80. The molecule has 0 bridgehead atoms. The van der Waals surface area contributed by atoms with Crippen molar-refractivity contribution >= 4 is 41.8 Å². The predicted octanol–water partition coefficient (Wildman–Crippen LogP) is 7.91. The second-order valence-corrected chi connectivity index (χ2v) is 13.0. The highest BCUT2D eigenvalue weighted by Gasteiger charge is 2.35. The number of ether oxygens (including phenoxy) is 5. The average molecular weight is 763 g/mol. The number of ketones is 1. The predicted molar refractivity (Wildman–Crippen MR) is 211 cm³/mol. The maximum atomic E-state index is 13.3. The molecule has 1 aliphatic rings. The number of nitrogens with zero attached hydrogens (tertiary/aromatic N) is 1. The molecule has 4 aromatic rings. The van der Waals surface area contributed by atoms with Crippen LogP contribution < -0.4 is 19.9 Å². The molecule has 0 saturated heterocycles. The fraction of sp³-hybridized carbons (Fsp3) is 0.295. The summed E-state index contributed by atoms with van der Waals surface area (Å²) in [4.78, 5) is 54.0. The zero-order valence-corrected chi connectivity index (χ0v) is 31.2. The first-order chi connectivity index (χ1) is 27.2. The normalized spacial score (nSPS) is 12.8. The van der Waals surface area contributed by atoms with E-state index in [1.165, 1.54) is 6.07 Å². The molecule has 56 heavy (non-hydrogen) atoms. The van der Waals surface area contributed by atoms with E-state index in [0.29, 0.717) is 60.2 Å². The van der Waals surface area contributed by atoms with Crippen molar-refractivity contribution in [2.45, 2.75) is 57.5 Å². The SMILES string of the molecule is C=CC(=O)OCCCCCCOc1ccc(C(=O)Oc2ccc(OCCCCCCOC(=O)c3cc(N=C)c4c(c3N)C(=O)c3ccccc3C4O)cc2)cc1. The summed E-state index contributed by atoms with van der Waals surface area (Å²) in [5, 5.41) is 11.0. The second kappa shape index (κ2) is 20.4. The molecule has 0 spiro atoms. The monoisotopic (exact) mass is 762 g/mol. The van der Waals surface area contributed by atoms with Crippen LogP contribution in [0.4, 0.5) is 11.4 Å². The third kappa shape index (κ3) is 10.7. The fourth-order valence-electron chi connectivity index (χ4n) is 6.18. The summed E-state index contributed by atoms with van der Waals surface area (Å²) >= 11 is 0. The number of aliphatic imine (C=N–C) groups is 1. The first-order valence-corrected chi connectivity index (χ1v) is 18.6. The van der Waals surface area contributed by atoms with Gasteiger partial charge in [0.05, 0.1) is 54.5 Å². The number of carbonyl (C=O) groups excluding carboxylic acids is 4. The van der Waals surface area contributed by atoms with Crippen molar-refractivity contribution in [3.8, 4) is 17.2 Å². The van der Waals surface area contributed by atoms with Gasteiger partial charge in [-0.1, -0.05) is 30.8 Å². The van der Waals surface area contributed by atoms with Gasteiger partial charge in [0, 0.05) is 17.2 Å². The Labute approximate surface area is 325 Å². The van der Waals surface area contributed by atoms with Crippen molar-refractivity contribution in [3.63, 3.8) is 0 Å². The lowest BCUT2D eigenvalue weighted by molar-refractivity contribution is -0.137. The number of nitrogen functional groups attached to an aromatic ring is 1. The molecule has 3 N–H and O–H groups in total. The highest BCUT2D eigenvalue weighted by Crippen LogP contribution is 2.44. The number of benzene rings is 4. The number of fused-ring (bicyclic) bond motifs is 2. The molecule has 0 aromatic heterocycles. The number of hydrogen-bond acceptors (Lipinski definition) is 12. The van der Waals surface area contributed by atoms with Gasteiger partial charge in [0.1, 0.15) is 23.4 Å². The van der Waals surface area contributed by atoms with Crippen molar-refractivity contribution in [2.24, 2.45) is 4.99 Å². The van der Waals surface area contributed by atoms with Crippen LogP contribution in [-0.4, -0.2) is 61.9 Å². The molecule has 4 aromatic carbocycles. The van der Waals surface area contributed by atoms with Gasteiger partial charge < -0.3 is 34.5 Å². The van der Waals surface area contributed by atoms with Crippen LogP contribution in [-0.2, 0) is 14.3 Å². The molecule has 0 radical (unpaired) electrons. The summed E-state index contributed by atoms with van der Waals surface area (Å²) in [6.07, 6.45) is 6.56. The van der Waals surface area contributed by atoms with E-state index in [9.17, 15) is 24.3 Å². The summed E-state index contributed by atoms with van der Waals surface area (Å²) in [7, 11) is 0. The fourth-order valence-corrected chi connectivity index (χ4v) is 6.18. The third-order valence-electron chi connectivity index (χ3n) is 9.16. The van der Waals surface area contributed by atoms with Gasteiger partial charge >= 0.3 is 17.9 Å². The maximum absolute atomic E-state index is 13.3. The Morgan fingerprint density at radius 2 is 1.29 bits per heavy atom. The number of rotatable bonds is 21. The summed E-state index contributed by atoms with van der Waals surface area (Å²) in [5.41, 5.74) is 7.89. The van der Waals surface area contributed by atoms with Crippen LogP contribution in [0.5, 0.6) is 17.2 Å². The number of unbranched alkanes of at least 4 members (excludes halogenated alkanes) is 6. The van der Waals surface area contributed by atoms with E-state index < -0.39 is 29.8 Å². The van der Waals surface area contributed by atoms with Gasteiger partial charge in [0.2, 0.25) is 0 Å². The number of esters is 3. The molecule has 5 rings (SSSR count). The number of hydrogen-bond donors (Lipinski definition) is 2. The molecule has 0 aliphatic heterocycles. The van der Waals surface area contributed by atoms with Crippen LogP contribution in [0.1, 0.15) is 105 Å². The number of aliphatic hydroxyl groups is 1. The summed E-state index contributed by atoms with van der Waals surface area (Å²) in [6, 6.07) is 21.7. The van der Waals surface area contributed by atoms with E-state index in [4.69, 9.17) is 29.4 Å². The van der Waals surface area contributed by atoms with E-state index in [0.717, 1.165) is 51.0 Å². The van der Waals surface area contributed by atoms with Crippen LogP contribution in [0.2, 0.25) is 0 Å². The Kier molecular flexibility index (Phi) is 14.9. The van der Waals surface area contributed by atoms with Crippen LogP contribution in [0.15, 0.2) is 96.5 Å². The van der Waals surface area contributed by atoms with Crippen LogP contribution in [0.25, 0.3) is 0 Å². The quantitative estimate of drug-likeness (QED) is 0.0211. The van der Waals surface area contributed by atoms with Crippen molar-refractivity contribution in [2.75, 3.05) is 32.2 Å². The standard InChI is InChI=1S/C44H46N2O10/c1-3-37(47)54-26-12-6-4-10-24-52-30-18-16-29(17-19-30)43(50)56-32-22-20-31(21-23-32)53-25-11-5-7-13-27-55-44(51)35-28-36(46-2)38-39(40(35)45)42(49)34-15-9-8-14-33(34)41(38)48/h3,8-9,14-23,28,41,48H,1-2,4-7,10-13,24-27,45H2. The van der Waals surface area contributed by atoms with Gasteiger partial charge in [0.15, 0.2) is 5.78 Å². The first-order valence-electron chi connectivity index (χ1n) is 18.6. The van der Waals surface area contributed by atoms with Crippen molar-refractivity contribution in [1.29, 1.82) is 0 Å². The van der Waals surface area contributed by atoms with E-state index >= 15 is 0 Å². The lowest BCUT2D eigenvalue weighted by Gasteiger charge is -2.27. The minimum Gasteiger partial charge on any atom is -0.494 e. The molecular weight excluding hydrogens is 716 g/mol. The first kappa shape index (κ1) is 40.9. The Bertz CT molecular complexity index is 2020. The van der Waals surface area contributed by atoms with Gasteiger partial charge in [-0.2, -0.15) is 0 Å². The van der Waals surface area contributed by atoms with Gasteiger partial charge in [-0.15, -0.1) is 0 Å². The minimum absolute atomic E-state index is 0.00254. The lowest BCUT2D eigenvalue weighted by Crippen LogP contribution is -2.23. The topological polar surface area (TPSA) is 173 Å². The smallest absolute Gasteiger partial charge is 0.343 e. The summed E-state index contributed by atoms with van der Waals surface area (Å²) in [6.45, 7) is 8.49. The molecule has 292 valence electrons. The highest BCUT2D eigenvalue weighted by molar-refractivity contribution is 6.18. The largest absolute Gasteiger partial charge is 0.494 e. The molecule has 12 nitrogen and oxygen atoms in total. The molecule has 1 unspecified atom stereocenters.